The molecular formula is C24H29N3O4. The number of ether oxygens (including phenoxy) is 1. The smallest absolute Gasteiger partial charge is 0.227 e. The number of benzene rings is 2. The number of nitrogens with zero attached hydrogens (tertiary/aromatic N) is 1. The van der Waals surface area contributed by atoms with Crippen LogP contribution in [-0.2, 0) is 14.4 Å². The van der Waals surface area contributed by atoms with E-state index in [1.807, 2.05) is 54.6 Å². The molecule has 2 aromatic rings. The molecule has 0 spiro atoms. The molecule has 0 aliphatic carbocycles. The largest absolute Gasteiger partial charge is 0.497 e. The average Bonchev–Trinajstić information content (AvgIpc) is 2.79. The monoisotopic (exact) mass is 423 g/mol. The third-order valence-corrected chi connectivity index (χ3v) is 5.53. The van der Waals surface area contributed by atoms with E-state index in [0.29, 0.717) is 31.7 Å². The second kappa shape index (κ2) is 10.6. The lowest BCUT2D eigenvalue weighted by Gasteiger charge is -2.32. The van der Waals surface area contributed by atoms with Crippen molar-refractivity contribution in [2.24, 2.45) is 5.92 Å². The summed E-state index contributed by atoms with van der Waals surface area (Å²) in [5.74, 6) is 0.374. The Morgan fingerprint density at radius 1 is 1.03 bits per heavy atom. The fourth-order valence-corrected chi connectivity index (χ4v) is 3.79. The SMILES string of the molecule is COc1ccc(C(CC(=O)N2CCC(C(=O)Nc3ccccc3)CC2)NC(C)=O)cc1. The molecule has 7 heteroatoms. The standard InChI is InChI=1S/C24H29N3O4/c1-17(28)25-22(18-8-10-21(31-2)11-9-18)16-23(29)27-14-12-19(13-15-27)24(30)26-20-6-4-3-5-7-20/h3-11,19,22H,12-16H2,1-2H3,(H,25,28)(H,26,30). The summed E-state index contributed by atoms with van der Waals surface area (Å²) in [6, 6.07) is 16.3. The average molecular weight is 424 g/mol. The Kier molecular flexibility index (Phi) is 7.65. The molecular weight excluding hydrogens is 394 g/mol. The van der Waals surface area contributed by atoms with Crippen molar-refractivity contribution in [1.82, 2.24) is 10.2 Å². The summed E-state index contributed by atoms with van der Waals surface area (Å²) in [5.41, 5.74) is 1.63. The molecule has 3 amide bonds. The van der Waals surface area contributed by atoms with Crippen LogP contribution in [0, 0.1) is 5.92 Å². The molecule has 1 saturated heterocycles. The Morgan fingerprint density at radius 3 is 2.26 bits per heavy atom. The van der Waals surface area contributed by atoms with E-state index in [9.17, 15) is 14.4 Å². The first-order valence-electron chi connectivity index (χ1n) is 10.5. The van der Waals surface area contributed by atoms with Gasteiger partial charge in [-0.2, -0.15) is 0 Å². The zero-order chi connectivity index (χ0) is 22.2. The number of anilines is 1. The molecule has 3 rings (SSSR count). The normalized spacial score (nSPS) is 15.1. The van der Waals surface area contributed by atoms with Crippen molar-refractivity contribution in [3.05, 3.63) is 60.2 Å². The molecule has 1 atom stereocenters. The van der Waals surface area contributed by atoms with Crippen molar-refractivity contribution in [3.8, 4) is 5.75 Å². The van der Waals surface area contributed by atoms with Crippen LogP contribution < -0.4 is 15.4 Å². The van der Waals surface area contributed by atoms with E-state index in [2.05, 4.69) is 10.6 Å². The third kappa shape index (κ3) is 6.31. The fraction of sp³-hybridized carbons (Fsp3) is 0.375. The molecule has 2 aromatic carbocycles. The minimum atomic E-state index is -0.407. The molecule has 0 radical (unpaired) electrons. The molecule has 1 fully saturated rings. The first-order chi connectivity index (χ1) is 15.0. The molecule has 1 aliphatic rings. The number of para-hydroxylation sites is 1. The highest BCUT2D eigenvalue weighted by atomic mass is 16.5. The number of hydrogen-bond acceptors (Lipinski definition) is 4. The van der Waals surface area contributed by atoms with Gasteiger partial charge in [0.05, 0.1) is 19.6 Å². The number of methoxy groups -OCH3 is 1. The summed E-state index contributed by atoms with van der Waals surface area (Å²) in [4.78, 5) is 38.9. The number of amides is 3. The fourth-order valence-electron chi connectivity index (χ4n) is 3.79. The Bertz CT molecular complexity index is 891. The zero-order valence-electron chi connectivity index (χ0n) is 18.0. The number of likely N-dealkylation sites (tertiary alicyclic amines) is 1. The van der Waals surface area contributed by atoms with E-state index in [0.717, 1.165) is 11.3 Å². The van der Waals surface area contributed by atoms with Crippen molar-refractivity contribution in [2.45, 2.75) is 32.2 Å². The van der Waals surface area contributed by atoms with Gasteiger partial charge < -0.3 is 20.3 Å². The molecule has 164 valence electrons. The van der Waals surface area contributed by atoms with Gasteiger partial charge in [0.1, 0.15) is 5.75 Å². The number of piperidine rings is 1. The van der Waals surface area contributed by atoms with Crippen LogP contribution in [0.4, 0.5) is 5.69 Å². The molecule has 1 heterocycles. The van der Waals surface area contributed by atoms with Crippen LogP contribution in [0.5, 0.6) is 5.75 Å². The van der Waals surface area contributed by atoms with E-state index < -0.39 is 6.04 Å². The minimum absolute atomic E-state index is 0.00680. The van der Waals surface area contributed by atoms with Crippen molar-refractivity contribution in [3.63, 3.8) is 0 Å². The van der Waals surface area contributed by atoms with Crippen LogP contribution in [0.15, 0.2) is 54.6 Å². The molecule has 0 aromatic heterocycles. The maximum atomic E-state index is 12.9. The van der Waals surface area contributed by atoms with Gasteiger partial charge in [0.2, 0.25) is 17.7 Å². The van der Waals surface area contributed by atoms with Gasteiger partial charge in [0, 0.05) is 31.6 Å². The summed E-state index contributed by atoms with van der Waals surface area (Å²) in [5, 5.41) is 5.81. The van der Waals surface area contributed by atoms with Crippen LogP contribution in [0.3, 0.4) is 0 Å². The van der Waals surface area contributed by atoms with Crippen molar-refractivity contribution < 1.29 is 19.1 Å². The van der Waals surface area contributed by atoms with Gasteiger partial charge in [0.15, 0.2) is 0 Å². The summed E-state index contributed by atoms with van der Waals surface area (Å²) >= 11 is 0. The quantitative estimate of drug-likeness (QED) is 0.716. The van der Waals surface area contributed by atoms with E-state index >= 15 is 0 Å². The maximum absolute atomic E-state index is 12.9. The van der Waals surface area contributed by atoms with Crippen LogP contribution in [0.1, 0.15) is 37.8 Å². The first kappa shape index (κ1) is 22.3. The highest BCUT2D eigenvalue weighted by Crippen LogP contribution is 2.24. The van der Waals surface area contributed by atoms with E-state index in [-0.39, 0.29) is 30.1 Å². The number of carbonyl (C=O) groups is 3. The topological polar surface area (TPSA) is 87.7 Å². The highest BCUT2D eigenvalue weighted by molar-refractivity contribution is 5.92. The van der Waals surface area contributed by atoms with Crippen LogP contribution in [0.2, 0.25) is 0 Å². The highest BCUT2D eigenvalue weighted by Gasteiger charge is 2.29. The Morgan fingerprint density at radius 2 is 1.68 bits per heavy atom. The molecule has 31 heavy (non-hydrogen) atoms. The Balaban J connectivity index is 1.55. The van der Waals surface area contributed by atoms with Crippen LogP contribution in [0.25, 0.3) is 0 Å². The summed E-state index contributed by atoms with van der Waals surface area (Å²) in [6.45, 7) is 2.50. The van der Waals surface area contributed by atoms with Crippen molar-refractivity contribution >= 4 is 23.4 Å². The lowest BCUT2D eigenvalue weighted by Crippen LogP contribution is -2.43. The molecule has 1 aliphatic heterocycles. The first-order valence-corrected chi connectivity index (χ1v) is 10.5. The summed E-state index contributed by atoms with van der Waals surface area (Å²) in [6.07, 6.45) is 1.42. The lowest BCUT2D eigenvalue weighted by atomic mass is 9.95. The van der Waals surface area contributed by atoms with Crippen LogP contribution in [-0.4, -0.2) is 42.8 Å². The molecule has 1 unspecified atom stereocenters. The van der Waals surface area contributed by atoms with Gasteiger partial charge in [-0.3, -0.25) is 14.4 Å². The summed E-state index contributed by atoms with van der Waals surface area (Å²) < 4.78 is 5.18. The number of nitrogens with one attached hydrogen (secondary N) is 2. The van der Waals surface area contributed by atoms with E-state index in [1.165, 1.54) is 6.92 Å². The second-order valence-electron chi connectivity index (χ2n) is 7.74. The van der Waals surface area contributed by atoms with Gasteiger partial charge in [0.25, 0.3) is 0 Å². The predicted molar refractivity (Wildman–Crippen MR) is 119 cm³/mol. The molecule has 7 nitrogen and oxygen atoms in total. The van der Waals surface area contributed by atoms with Crippen molar-refractivity contribution in [2.75, 3.05) is 25.5 Å². The lowest BCUT2D eigenvalue weighted by molar-refractivity contribution is -0.135. The molecule has 0 saturated carbocycles. The predicted octanol–water partition coefficient (Wildman–Crippen LogP) is 3.14. The number of carbonyl (C=O) groups excluding carboxylic acids is 3. The van der Waals surface area contributed by atoms with Gasteiger partial charge in [-0.15, -0.1) is 0 Å². The summed E-state index contributed by atoms with van der Waals surface area (Å²) in [7, 11) is 1.59. The van der Waals surface area contributed by atoms with E-state index in [1.54, 1.807) is 12.0 Å². The van der Waals surface area contributed by atoms with Gasteiger partial charge >= 0.3 is 0 Å². The molecule has 2 N–H and O–H groups in total. The number of rotatable bonds is 7. The third-order valence-electron chi connectivity index (χ3n) is 5.53. The maximum Gasteiger partial charge on any atom is 0.227 e. The Hall–Kier alpha value is -3.35. The number of hydrogen-bond donors (Lipinski definition) is 2. The minimum Gasteiger partial charge on any atom is -0.497 e. The zero-order valence-corrected chi connectivity index (χ0v) is 18.0. The Labute approximate surface area is 182 Å². The van der Waals surface area contributed by atoms with Crippen molar-refractivity contribution in [1.29, 1.82) is 0 Å². The van der Waals surface area contributed by atoms with E-state index in [4.69, 9.17) is 4.74 Å². The second-order valence-corrected chi connectivity index (χ2v) is 7.74. The van der Waals surface area contributed by atoms with Crippen LogP contribution >= 0.6 is 0 Å². The van der Waals surface area contributed by atoms with Gasteiger partial charge in [-0.25, -0.2) is 0 Å². The van der Waals surface area contributed by atoms with Gasteiger partial charge in [-0.1, -0.05) is 30.3 Å². The van der Waals surface area contributed by atoms with Gasteiger partial charge in [-0.05, 0) is 42.7 Å². The molecule has 0 bridgehead atoms.